The molecular weight excluding hydrogens is 355 g/mol. The molecule has 26 heavy (non-hydrogen) atoms. The maximum Gasteiger partial charge on any atom is 0.240 e. The molecule has 0 saturated heterocycles. The molecule has 2 N–H and O–H groups in total. The topological polar surface area (TPSA) is 58.2 Å². The van der Waals surface area contributed by atoms with E-state index in [1.165, 1.54) is 23.8 Å². The van der Waals surface area contributed by atoms with Crippen molar-refractivity contribution >= 4 is 29.1 Å². The van der Waals surface area contributed by atoms with E-state index in [9.17, 15) is 14.0 Å². The summed E-state index contributed by atoms with van der Waals surface area (Å²) in [6.45, 7) is 0.519. The summed E-state index contributed by atoms with van der Waals surface area (Å²) in [5.41, 5.74) is 0.575. The molecule has 0 spiro atoms. The van der Waals surface area contributed by atoms with Crippen LogP contribution in [0.1, 0.15) is 24.8 Å². The van der Waals surface area contributed by atoms with E-state index in [4.69, 9.17) is 11.6 Å². The Balaban J connectivity index is 1.50. The van der Waals surface area contributed by atoms with Gasteiger partial charge >= 0.3 is 0 Å². The van der Waals surface area contributed by atoms with Crippen LogP contribution in [0.3, 0.4) is 0 Å². The van der Waals surface area contributed by atoms with E-state index in [1.54, 1.807) is 0 Å². The predicted octanol–water partition coefficient (Wildman–Crippen LogP) is 3.95. The van der Waals surface area contributed by atoms with Gasteiger partial charge in [-0.25, -0.2) is 4.39 Å². The quantitative estimate of drug-likeness (QED) is 0.569. The van der Waals surface area contributed by atoms with Crippen molar-refractivity contribution in [2.45, 2.75) is 25.7 Å². The molecule has 0 aromatic heterocycles. The summed E-state index contributed by atoms with van der Waals surface area (Å²) < 4.78 is 13.2. The Hall–Kier alpha value is -2.40. The maximum atomic E-state index is 13.2. The Morgan fingerprint density at radius 2 is 1.81 bits per heavy atom. The third kappa shape index (κ3) is 4.22. The monoisotopic (exact) mass is 374 g/mol. The van der Waals surface area contributed by atoms with Gasteiger partial charge < -0.3 is 10.6 Å². The second kappa shape index (κ2) is 7.87. The van der Waals surface area contributed by atoms with Crippen LogP contribution in [0.2, 0.25) is 5.02 Å². The molecule has 1 saturated carbocycles. The Morgan fingerprint density at radius 1 is 1.08 bits per heavy atom. The van der Waals surface area contributed by atoms with E-state index in [2.05, 4.69) is 10.6 Å². The summed E-state index contributed by atoms with van der Waals surface area (Å²) in [7, 11) is 0. The van der Waals surface area contributed by atoms with Crippen molar-refractivity contribution in [3.63, 3.8) is 0 Å². The standard InChI is InChI=1S/C20H20ClFN2O2/c21-16-13-15(8-9-17(16)22)24-19(26)20(10-11-20)18(25)23-12-4-7-14-5-2-1-3-6-14/h1-3,5-6,8-9,13H,4,7,10-12H2,(H,23,25)(H,24,26). The van der Waals surface area contributed by atoms with Gasteiger partial charge in [0.1, 0.15) is 11.2 Å². The zero-order valence-corrected chi connectivity index (χ0v) is 15.0. The van der Waals surface area contributed by atoms with Crippen LogP contribution >= 0.6 is 11.6 Å². The van der Waals surface area contributed by atoms with E-state index in [0.29, 0.717) is 25.1 Å². The summed E-state index contributed by atoms with van der Waals surface area (Å²) in [5.74, 6) is -1.18. The fraction of sp³-hybridized carbons (Fsp3) is 0.300. The van der Waals surface area contributed by atoms with Crippen molar-refractivity contribution in [2.75, 3.05) is 11.9 Å². The normalized spacial score (nSPS) is 14.5. The number of hydrogen-bond acceptors (Lipinski definition) is 2. The number of hydrogen-bond donors (Lipinski definition) is 2. The number of anilines is 1. The summed E-state index contributed by atoms with van der Waals surface area (Å²) >= 11 is 5.72. The van der Waals surface area contributed by atoms with Crippen molar-refractivity contribution in [1.82, 2.24) is 5.32 Å². The predicted molar refractivity (Wildman–Crippen MR) is 99.5 cm³/mol. The lowest BCUT2D eigenvalue weighted by atomic mass is 10.0. The van der Waals surface area contributed by atoms with Gasteiger partial charge in [-0.2, -0.15) is 0 Å². The zero-order chi connectivity index (χ0) is 18.6. The van der Waals surface area contributed by atoms with Crippen LogP contribution in [0.25, 0.3) is 0 Å². The molecule has 136 valence electrons. The minimum atomic E-state index is -1.02. The van der Waals surface area contributed by atoms with Crippen LogP contribution in [0.4, 0.5) is 10.1 Å². The van der Waals surface area contributed by atoms with E-state index in [-0.39, 0.29) is 16.8 Å². The third-order valence-electron chi connectivity index (χ3n) is 4.57. The number of carbonyl (C=O) groups is 2. The minimum absolute atomic E-state index is 0.0713. The molecule has 0 unspecified atom stereocenters. The number of amides is 2. The molecule has 1 fully saturated rings. The van der Waals surface area contributed by atoms with Gasteiger partial charge in [-0.3, -0.25) is 9.59 Å². The molecule has 1 aliphatic rings. The maximum absolute atomic E-state index is 13.2. The molecule has 2 amide bonds. The largest absolute Gasteiger partial charge is 0.355 e. The van der Waals surface area contributed by atoms with Gasteiger partial charge in [0.05, 0.1) is 5.02 Å². The Kier molecular flexibility index (Phi) is 5.57. The van der Waals surface area contributed by atoms with Crippen LogP contribution in [0.15, 0.2) is 48.5 Å². The van der Waals surface area contributed by atoms with Gasteiger partial charge in [-0.1, -0.05) is 41.9 Å². The molecule has 0 radical (unpaired) electrons. The summed E-state index contributed by atoms with van der Waals surface area (Å²) in [5, 5.41) is 5.44. The highest BCUT2D eigenvalue weighted by Gasteiger charge is 2.56. The highest BCUT2D eigenvalue weighted by atomic mass is 35.5. The van der Waals surface area contributed by atoms with E-state index < -0.39 is 11.2 Å². The molecule has 0 aliphatic heterocycles. The van der Waals surface area contributed by atoms with Gasteiger partial charge in [0.15, 0.2) is 0 Å². The van der Waals surface area contributed by atoms with Crippen LogP contribution in [-0.2, 0) is 16.0 Å². The smallest absolute Gasteiger partial charge is 0.240 e. The molecule has 3 rings (SSSR count). The van der Waals surface area contributed by atoms with Crippen molar-refractivity contribution < 1.29 is 14.0 Å². The zero-order valence-electron chi connectivity index (χ0n) is 14.2. The second-order valence-electron chi connectivity index (χ2n) is 6.51. The molecule has 0 atom stereocenters. The highest BCUT2D eigenvalue weighted by molar-refractivity contribution is 6.31. The highest BCUT2D eigenvalue weighted by Crippen LogP contribution is 2.46. The van der Waals surface area contributed by atoms with E-state index >= 15 is 0 Å². The van der Waals surface area contributed by atoms with Gasteiger partial charge in [-0.15, -0.1) is 0 Å². The van der Waals surface area contributed by atoms with Crippen LogP contribution in [0, 0.1) is 11.2 Å². The SMILES string of the molecule is O=C(NCCCc1ccccc1)C1(C(=O)Nc2ccc(F)c(Cl)c2)CC1. The van der Waals surface area contributed by atoms with E-state index in [1.807, 2.05) is 30.3 Å². The van der Waals surface area contributed by atoms with Crippen LogP contribution in [-0.4, -0.2) is 18.4 Å². The number of rotatable bonds is 7. The van der Waals surface area contributed by atoms with E-state index in [0.717, 1.165) is 12.8 Å². The summed E-state index contributed by atoms with van der Waals surface area (Å²) in [6, 6.07) is 14.0. The summed E-state index contributed by atoms with van der Waals surface area (Å²) in [6.07, 6.45) is 2.70. The van der Waals surface area contributed by atoms with Gasteiger partial charge in [0, 0.05) is 12.2 Å². The van der Waals surface area contributed by atoms with Crippen LogP contribution in [0.5, 0.6) is 0 Å². The lowest BCUT2D eigenvalue weighted by Gasteiger charge is -2.15. The first-order valence-corrected chi connectivity index (χ1v) is 8.98. The molecule has 6 heteroatoms. The van der Waals surface area contributed by atoms with Crippen molar-refractivity contribution in [3.05, 3.63) is 64.9 Å². The number of nitrogens with one attached hydrogen (secondary N) is 2. The average Bonchev–Trinajstić information content (AvgIpc) is 3.45. The molecule has 1 aliphatic carbocycles. The van der Waals surface area contributed by atoms with Gasteiger partial charge in [0.25, 0.3) is 0 Å². The van der Waals surface area contributed by atoms with Crippen molar-refractivity contribution in [1.29, 1.82) is 0 Å². The Labute approximate surface area is 156 Å². The first-order valence-electron chi connectivity index (χ1n) is 8.60. The van der Waals surface area contributed by atoms with Crippen molar-refractivity contribution in [2.24, 2.45) is 5.41 Å². The summed E-state index contributed by atoms with van der Waals surface area (Å²) in [4.78, 5) is 24.9. The van der Waals surface area contributed by atoms with Gasteiger partial charge in [0.2, 0.25) is 11.8 Å². The number of aryl methyl sites for hydroxylation is 1. The molecule has 0 heterocycles. The van der Waals surface area contributed by atoms with Crippen LogP contribution < -0.4 is 10.6 Å². The molecule has 0 bridgehead atoms. The second-order valence-corrected chi connectivity index (χ2v) is 6.92. The Bertz CT molecular complexity index is 807. The Morgan fingerprint density at radius 3 is 2.46 bits per heavy atom. The average molecular weight is 375 g/mol. The number of benzene rings is 2. The molecule has 4 nitrogen and oxygen atoms in total. The third-order valence-corrected chi connectivity index (χ3v) is 4.86. The number of carbonyl (C=O) groups excluding carboxylic acids is 2. The minimum Gasteiger partial charge on any atom is -0.355 e. The lowest BCUT2D eigenvalue weighted by Crippen LogP contribution is -2.40. The first-order chi connectivity index (χ1) is 12.5. The van der Waals surface area contributed by atoms with Crippen molar-refractivity contribution in [3.8, 4) is 0 Å². The van der Waals surface area contributed by atoms with Gasteiger partial charge in [-0.05, 0) is 49.4 Å². The fourth-order valence-electron chi connectivity index (χ4n) is 2.82. The lowest BCUT2D eigenvalue weighted by molar-refractivity contribution is -0.134. The molecule has 2 aromatic rings. The fourth-order valence-corrected chi connectivity index (χ4v) is 3.00. The number of halogens is 2. The molecule has 2 aromatic carbocycles. The first kappa shape index (κ1) is 18.4. The molecular formula is C20H20ClFN2O2.